The number of benzene rings is 2. The van der Waals surface area contributed by atoms with Crippen LogP contribution in [0.4, 0.5) is 0 Å². The standard InChI is InChI=1S/C25H34O4S/c1-18(2)30(26,27)17-23-9-7-21(8-10-23)5-6-22-11-13-24(14-12-22)29-25-15-19(3)28-20(4)16-25/h7-14,18-20,25H,5-6,15-17H2,1-4H3. The van der Waals surface area contributed by atoms with Crippen molar-refractivity contribution in [3.8, 4) is 5.75 Å². The minimum atomic E-state index is -3.06. The fraction of sp³-hybridized carbons (Fsp3) is 0.520. The van der Waals surface area contributed by atoms with Gasteiger partial charge < -0.3 is 9.47 Å². The van der Waals surface area contributed by atoms with Crippen molar-refractivity contribution < 1.29 is 17.9 Å². The van der Waals surface area contributed by atoms with Gasteiger partial charge in [-0.15, -0.1) is 0 Å². The van der Waals surface area contributed by atoms with Gasteiger partial charge in [0.15, 0.2) is 9.84 Å². The van der Waals surface area contributed by atoms with E-state index in [2.05, 4.69) is 38.1 Å². The highest BCUT2D eigenvalue weighted by molar-refractivity contribution is 7.91. The maximum absolute atomic E-state index is 12.1. The van der Waals surface area contributed by atoms with E-state index in [4.69, 9.17) is 9.47 Å². The van der Waals surface area contributed by atoms with Gasteiger partial charge in [-0.05, 0) is 69.4 Å². The average molecular weight is 431 g/mol. The largest absolute Gasteiger partial charge is 0.490 e. The first-order valence-electron chi connectivity index (χ1n) is 10.9. The molecule has 0 aliphatic carbocycles. The number of aryl methyl sites for hydroxylation is 2. The lowest BCUT2D eigenvalue weighted by atomic mass is 10.0. The molecule has 5 heteroatoms. The number of sulfone groups is 1. The molecule has 0 radical (unpaired) electrons. The van der Waals surface area contributed by atoms with Crippen molar-refractivity contribution >= 4 is 9.84 Å². The molecule has 0 N–H and O–H groups in total. The molecule has 1 aliphatic rings. The lowest BCUT2D eigenvalue weighted by Gasteiger charge is -2.32. The summed E-state index contributed by atoms with van der Waals surface area (Å²) in [6, 6.07) is 16.3. The molecule has 0 aromatic heterocycles. The van der Waals surface area contributed by atoms with Gasteiger partial charge in [0.25, 0.3) is 0 Å². The number of rotatable bonds is 8. The molecule has 30 heavy (non-hydrogen) atoms. The summed E-state index contributed by atoms with van der Waals surface area (Å²) in [5.41, 5.74) is 3.33. The topological polar surface area (TPSA) is 52.6 Å². The van der Waals surface area contributed by atoms with Crippen molar-refractivity contribution in [2.45, 2.75) is 82.7 Å². The molecule has 4 nitrogen and oxygen atoms in total. The Hall–Kier alpha value is -1.85. The van der Waals surface area contributed by atoms with Crippen LogP contribution < -0.4 is 4.74 Å². The summed E-state index contributed by atoms with van der Waals surface area (Å²) in [4.78, 5) is 0. The molecule has 0 amide bonds. The quantitative estimate of drug-likeness (QED) is 0.583. The van der Waals surface area contributed by atoms with Gasteiger partial charge >= 0.3 is 0 Å². The first kappa shape index (κ1) is 22.8. The molecule has 0 spiro atoms. The number of hydrogen-bond donors (Lipinski definition) is 0. The highest BCUT2D eigenvalue weighted by Crippen LogP contribution is 2.24. The minimum absolute atomic E-state index is 0.108. The van der Waals surface area contributed by atoms with E-state index in [0.29, 0.717) is 0 Å². The number of ether oxygens (including phenoxy) is 2. The molecule has 3 rings (SSSR count). The van der Waals surface area contributed by atoms with Crippen LogP contribution in [-0.4, -0.2) is 32.0 Å². The van der Waals surface area contributed by atoms with Gasteiger partial charge in [-0.2, -0.15) is 0 Å². The molecule has 0 saturated carbocycles. The summed E-state index contributed by atoms with van der Waals surface area (Å²) < 4.78 is 36.1. The Morgan fingerprint density at radius 2 is 1.33 bits per heavy atom. The second-order valence-corrected chi connectivity index (χ2v) is 11.3. The fourth-order valence-electron chi connectivity index (χ4n) is 3.86. The molecule has 2 aromatic rings. The molecule has 0 bridgehead atoms. The van der Waals surface area contributed by atoms with Gasteiger partial charge in [0.2, 0.25) is 0 Å². The number of hydrogen-bond acceptors (Lipinski definition) is 4. The Bertz CT molecular complexity index is 891. The SMILES string of the molecule is CC1CC(Oc2ccc(CCc3ccc(CS(=O)(=O)C(C)C)cc3)cc2)CC(C)O1. The first-order chi connectivity index (χ1) is 14.2. The van der Waals surface area contributed by atoms with Gasteiger partial charge in [-0.1, -0.05) is 36.4 Å². The van der Waals surface area contributed by atoms with Crippen molar-refractivity contribution in [2.24, 2.45) is 0 Å². The normalized spacial score (nSPS) is 22.2. The van der Waals surface area contributed by atoms with Crippen LogP contribution in [0.5, 0.6) is 5.75 Å². The fourth-order valence-corrected chi connectivity index (χ4v) is 4.85. The molecule has 2 atom stereocenters. The zero-order valence-electron chi connectivity index (χ0n) is 18.5. The van der Waals surface area contributed by atoms with Crippen LogP contribution in [0, 0.1) is 0 Å². The average Bonchev–Trinajstić information content (AvgIpc) is 2.67. The predicted octanol–water partition coefficient (Wildman–Crippen LogP) is 5.13. The Labute approximate surface area is 181 Å². The third-order valence-electron chi connectivity index (χ3n) is 5.69. The Morgan fingerprint density at radius 1 is 0.867 bits per heavy atom. The van der Waals surface area contributed by atoms with Crippen molar-refractivity contribution in [3.63, 3.8) is 0 Å². The van der Waals surface area contributed by atoms with Gasteiger partial charge in [0.1, 0.15) is 11.9 Å². The van der Waals surface area contributed by atoms with Crippen LogP contribution in [0.1, 0.15) is 57.2 Å². The second kappa shape index (κ2) is 9.97. The van der Waals surface area contributed by atoms with E-state index in [1.165, 1.54) is 11.1 Å². The van der Waals surface area contributed by atoms with Crippen LogP contribution in [0.3, 0.4) is 0 Å². The van der Waals surface area contributed by atoms with Crippen LogP contribution in [0.15, 0.2) is 48.5 Å². The van der Waals surface area contributed by atoms with Crippen molar-refractivity contribution in [1.82, 2.24) is 0 Å². The van der Waals surface area contributed by atoms with E-state index in [1.54, 1.807) is 13.8 Å². The summed E-state index contributed by atoms with van der Waals surface area (Å²) >= 11 is 0. The molecule has 164 valence electrons. The van der Waals surface area contributed by atoms with E-state index in [0.717, 1.165) is 37.0 Å². The predicted molar refractivity (Wildman–Crippen MR) is 122 cm³/mol. The van der Waals surface area contributed by atoms with E-state index < -0.39 is 9.84 Å². The highest BCUT2D eigenvalue weighted by Gasteiger charge is 2.25. The molecule has 1 fully saturated rings. The summed E-state index contributed by atoms with van der Waals surface area (Å²) in [6.07, 6.45) is 4.43. The molecule has 1 heterocycles. The Morgan fingerprint density at radius 3 is 1.83 bits per heavy atom. The summed E-state index contributed by atoms with van der Waals surface area (Å²) in [5.74, 6) is 1.03. The molecule has 1 aliphatic heterocycles. The Balaban J connectivity index is 1.50. The maximum Gasteiger partial charge on any atom is 0.156 e. The summed E-state index contributed by atoms with van der Waals surface area (Å²) in [5, 5.41) is -0.345. The third-order valence-corrected chi connectivity index (χ3v) is 7.86. The van der Waals surface area contributed by atoms with Gasteiger partial charge in [0, 0.05) is 12.8 Å². The van der Waals surface area contributed by atoms with E-state index in [-0.39, 0.29) is 29.3 Å². The van der Waals surface area contributed by atoms with Crippen LogP contribution >= 0.6 is 0 Å². The van der Waals surface area contributed by atoms with Crippen molar-refractivity contribution in [1.29, 1.82) is 0 Å². The molecular weight excluding hydrogens is 396 g/mol. The molecule has 1 saturated heterocycles. The Kier molecular flexibility index (Phi) is 7.59. The van der Waals surface area contributed by atoms with Crippen molar-refractivity contribution in [3.05, 3.63) is 65.2 Å². The van der Waals surface area contributed by atoms with Crippen LogP contribution in [0.25, 0.3) is 0 Å². The van der Waals surface area contributed by atoms with Crippen molar-refractivity contribution in [2.75, 3.05) is 0 Å². The zero-order valence-corrected chi connectivity index (χ0v) is 19.3. The lowest BCUT2D eigenvalue weighted by molar-refractivity contribution is -0.0721. The third kappa shape index (κ3) is 6.58. The van der Waals surface area contributed by atoms with Crippen LogP contribution in [-0.2, 0) is 33.2 Å². The minimum Gasteiger partial charge on any atom is -0.490 e. The highest BCUT2D eigenvalue weighted by atomic mass is 32.2. The molecular formula is C25H34O4S. The first-order valence-corrected chi connectivity index (χ1v) is 12.6. The maximum atomic E-state index is 12.1. The molecule has 2 aromatic carbocycles. The smallest absolute Gasteiger partial charge is 0.156 e. The van der Waals surface area contributed by atoms with Gasteiger partial charge in [-0.3, -0.25) is 0 Å². The molecule has 2 unspecified atom stereocenters. The van der Waals surface area contributed by atoms with Gasteiger partial charge in [0.05, 0.1) is 23.2 Å². The second-order valence-electron chi connectivity index (χ2n) is 8.78. The lowest BCUT2D eigenvalue weighted by Crippen LogP contribution is -2.35. The monoisotopic (exact) mass is 430 g/mol. The summed E-state index contributed by atoms with van der Waals surface area (Å²) in [6.45, 7) is 7.66. The van der Waals surface area contributed by atoms with E-state index in [1.807, 2.05) is 24.3 Å². The van der Waals surface area contributed by atoms with Crippen LogP contribution in [0.2, 0.25) is 0 Å². The summed E-state index contributed by atoms with van der Waals surface area (Å²) in [7, 11) is -3.06. The van der Waals surface area contributed by atoms with E-state index in [9.17, 15) is 8.42 Å². The van der Waals surface area contributed by atoms with E-state index >= 15 is 0 Å². The zero-order chi connectivity index (χ0) is 21.7. The van der Waals surface area contributed by atoms with Gasteiger partial charge in [-0.25, -0.2) is 8.42 Å².